The van der Waals surface area contributed by atoms with Crippen LogP contribution in [0.4, 0.5) is 0 Å². The standard InChI is InChI=1S/C23H28N2O3S/c1-15(2)12-13-28-19-11-10-17(14-20(19)27-5)23(26)25(4)16(3)22-24-18-8-6-7-9-21(18)29-22/h6-11,14-16H,12-13H2,1-5H3/t16-/m0/s1. The highest BCUT2D eigenvalue weighted by Crippen LogP contribution is 2.32. The number of aromatic nitrogens is 1. The highest BCUT2D eigenvalue weighted by atomic mass is 32.1. The molecule has 0 saturated heterocycles. The predicted molar refractivity (Wildman–Crippen MR) is 118 cm³/mol. The molecule has 0 unspecified atom stereocenters. The molecule has 0 aliphatic carbocycles. The van der Waals surface area contributed by atoms with Crippen LogP contribution < -0.4 is 9.47 Å². The number of rotatable bonds is 8. The summed E-state index contributed by atoms with van der Waals surface area (Å²) in [5.74, 6) is 1.72. The Morgan fingerprint density at radius 3 is 2.59 bits per heavy atom. The van der Waals surface area contributed by atoms with E-state index in [-0.39, 0.29) is 11.9 Å². The molecule has 0 aliphatic rings. The number of nitrogens with zero attached hydrogens (tertiary/aromatic N) is 2. The van der Waals surface area contributed by atoms with Crippen molar-refractivity contribution < 1.29 is 14.3 Å². The van der Waals surface area contributed by atoms with Gasteiger partial charge in [0.2, 0.25) is 0 Å². The van der Waals surface area contributed by atoms with E-state index in [1.165, 1.54) is 0 Å². The number of amides is 1. The van der Waals surface area contributed by atoms with Gasteiger partial charge in [0.15, 0.2) is 11.5 Å². The van der Waals surface area contributed by atoms with E-state index in [4.69, 9.17) is 9.47 Å². The smallest absolute Gasteiger partial charge is 0.254 e. The number of benzene rings is 2. The molecule has 0 fully saturated rings. The molecule has 5 nitrogen and oxygen atoms in total. The van der Waals surface area contributed by atoms with Crippen LogP contribution in [0.2, 0.25) is 0 Å². The molecule has 154 valence electrons. The Balaban J connectivity index is 1.75. The summed E-state index contributed by atoms with van der Waals surface area (Å²) < 4.78 is 12.4. The van der Waals surface area contributed by atoms with Gasteiger partial charge in [-0.25, -0.2) is 4.98 Å². The molecular formula is C23H28N2O3S. The number of hydrogen-bond acceptors (Lipinski definition) is 5. The number of carbonyl (C=O) groups excluding carboxylic acids is 1. The first-order valence-electron chi connectivity index (χ1n) is 9.84. The maximum absolute atomic E-state index is 13.1. The molecular weight excluding hydrogens is 384 g/mol. The summed E-state index contributed by atoms with van der Waals surface area (Å²) in [5.41, 5.74) is 1.53. The number of carbonyl (C=O) groups is 1. The van der Waals surface area contributed by atoms with Gasteiger partial charge in [0.1, 0.15) is 5.01 Å². The number of ether oxygens (including phenoxy) is 2. The largest absolute Gasteiger partial charge is 0.493 e. The number of methoxy groups -OCH3 is 1. The highest BCUT2D eigenvalue weighted by molar-refractivity contribution is 7.18. The van der Waals surface area contributed by atoms with E-state index >= 15 is 0 Å². The molecule has 0 saturated carbocycles. The summed E-state index contributed by atoms with van der Waals surface area (Å²) in [6, 6.07) is 13.2. The molecule has 0 radical (unpaired) electrons. The molecule has 1 amide bonds. The Morgan fingerprint density at radius 2 is 1.90 bits per heavy atom. The first kappa shape index (κ1) is 21.1. The monoisotopic (exact) mass is 412 g/mol. The van der Waals surface area contributed by atoms with Crippen molar-refractivity contribution in [3.05, 3.63) is 53.0 Å². The molecule has 1 aromatic heterocycles. The highest BCUT2D eigenvalue weighted by Gasteiger charge is 2.23. The minimum atomic E-state index is -0.132. The Morgan fingerprint density at radius 1 is 1.14 bits per heavy atom. The van der Waals surface area contributed by atoms with Crippen molar-refractivity contribution in [2.45, 2.75) is 33.2 Å². The lowest BCUT2D eigenvalue weighted by Crippen LogP contribution is -2.29. The third-order valence-electron chi connectivity index (χ3n) is 4.93. The SMILES string of the molecule is COc1cc(C(=O)N(C)[C@@H](C)c2nc3ccccc3s2)ccc1OCCC(C)C. The van der Waals surface area contributed by atoms with Gasteiger partial charge in [-0.15, -0.1) is 11.3 Å². The zero-order valence-corrected chi connectivity index (χ0v) is 18.5. The van der Waals surface area contributed by atoms with Gasteiger partial charge in [0.05, 0.1) is 30.0 Å². The Bertz CT molecular complexity index is 950. The van der Waals surface area contributed by atoms with Crippen LogP contribution in [0, 0.1) is 5.92 Å². The lowest BCUT2D eigenvalue weighted by atomic mass is 10.1. The van der Waals surface area contributed by atoms with Crippen molar-refractivity contribution in [1.82, 2.24) is 9.88 Å². The van der Waals surface area contributed by atoms with Crippen molar-refractivity contribution in [1.29, 1.82) is 0 Å². The molecule has 0 bridgehead atoms. The predicted octanol–water partition coefficient (Wildman–Crippen LogP) is 5.56. The van der Waals surface area contributed by atoms with Crippen LogP contribution in [0.5, 0.6) is 11.5 Å². The molecule has 3 aromatic rings. The fourth-order valence-corrected chi connectivity index (χ4v) is 4.00. The maximum atomic E-state index is 13.1. The minimum absolute atomic E-state index is 0.0798. The van der Waals surface area contributed by atoms with Gasteiger partial charge in [-0.2, -0.15) is 0 Å². The van der Waals surface area contributed by atoms with Gasteiger partial charge >= 0.3 is 0 Å². The van der Waals surface area contributed by atoms with E-state index in [0.717, 1.165) is 21.6 Å². The molecule has 1 heterocycles. The van der Waals surface area contributed by atoms with Gasteiger partial charge < -0.3 is 14.4 Å². The zero-order chi connectivity index (χ0) is 21.0. The summed E-state index contributed by atoms with van der Waals surface area (Å²) in [6.07, 6.45) is 0.965. The summed E-state index contributed by atoms with van der Waals surface area (Å²) in [6.45, 7) is 6.93. The molecule has 29 heavy (non-hydrogen) atoms. The van der Waals surface area contributed by atoms with Gasteiger partial charge in [-0.3, -0.25) is 4.79 Å². The summed E-state index contributed by atoms with van der Waals surface area (Å²) in [5, 5.41) is 0.919. The summed E-state index contributed by atoms with van der Waals surface area (Å²) >= 11 is 1.62. The summed E-state index contributed by atoms with van der Waals surface area (Å²) in [7, 11) is 3.39. The third-order valence-corrected chi connectivity index (χ3v) is 6.14. The maximum Gasteiger partial charge on any atom is 0.254 e. The van der Waals surface area contributed by atoms with E-state index in [2.05, 4.69) is 18.8 Å². The van der Waals surface area contributed by atoms with E-state index in [1.54, 1.807) is 42.5 Å². The van der Waals surface area contributed by atoms with Crippen LogP contribution >= 0.6 is 11.3 Å². The van der Waals surface area contributed by atoms with Crippen LogP contribution in [-0.4, -0.2) is 36.6 Å². The molecule has 2 aromatic carbocycles. The van der Waals surface area contributed by atoms with Gasteiger partial charge in [0.25, 0.3) is 5.91 Å². The second-order valence-electron chi connectivity index (χ2n) is 7.51. The number of para-hydroxylation sites is 1. The lowest BCUT2D eigenvalue weighted by molar-refractivity contribution is 0.0742. The zero-order valence-electron chi connectivity index (χ0n) is 17.6. The topological polar surface area (TPSA) is 51.7 Å². The quantitative estimate of drug-likeness (QED) is 0.486. The van der Waals surface area contributed by atoms with Crippen molar-refractivity contribution in [3.8, 4) is 11.5 Å². The lowest BCUT2D eigenvalue weighted by Gasteiger charge is -2.23. The first-order chi connectivity index (χ1) is 13.9. The van der Waals surface area contributed by atoms with Crippen molar-refractivity contribution in [2.75, 3.05) is 20.8 Å². The fraction of sp³-hybridized carbons (Fsp3) is 0.391. The van der Waals surface area contributed by atoms with Crippen molar-refractivity contribution in [3.63, 3.8) is 0 Å². The van der Waals surface area contributed by atoms with E-state index < -0.39 is 0 Å². The average Bonchev–Trinajstić information content (AvgIpc) is 3.16. The second kappa shape index (κ2) is 9.27. The normalized spacial score (nSPS) is 12.2. The molecule has 6 heteroatoms. The van der Waals surface area contributed by atoms with Gasteiger partial charge in [-0.1, -0.05) is 26.0 Å². The van der Waals surface area contributed by atoms with Gasteiger partial charge in [-0.05, 0) is 49.6 Å². The van der Waals surface area contributed by atoms with E-state index in [9.17, 15) is 4.79 Å². The molecule has 0 aliphatic heterocycles. The minimum Gasteiger partial charge on any atom is -0.493 e. The van der Waals surface area contributed by atoms with Crippen LogP contribution in [0.1, 0.15) is 48.6 Å². The first-order valence-corrected chi connectivity index (χ1v) is 10.7. The van der Waals surface area contributed by atoms with E-state index in [1.807, 2.05) is 37.3 Å². The number of thiazole rings is 1. The number of hydrogen-bond donors (Lipinski definition) is 0. The Kier molecular flexibility index (Phi) is 6.75. The number of fused-ring (bicyclic) bond motifs is 1. The van der Waals surface area contributed by atoms with E-state index in [0.29, 0.717) is 29.6 Å². The van der Waals surface area contributed by atoms with Crippen molar-refractivity contribution in [2.24, 2.45) is 5.92 Å². The average molecular weight is 413 g/mol. The third kappa shape index (κ3) is 4.88. The van der Waals surface area contributed by atoms with Gasteiger partial charge in [0, 0.05) is 12.6 Å². The van der Waals surface area contributed by atoms with Crippen LogP contribution in [-0.2, 0) is 0 Å². The van der Waals surface area contributed by atoms with Crippen LogP contribution in [0.3, 0.4) is 0 Å². The fourth-order valence-electron chi connectivity index (χ4n) is 2.94. The summed E-state index contributed by atoms with van der Waals surface area (Å²) in [4.78, 5) is 19.5. The van der Waals surface area contributed by atoms with Crippen LogP contribution in [0.15, 0.2) is 42.5 Å². The molecule has 0 spiro atoms. The Labute approximate surface area is 176 Å². The molecule has 3 rings (SSSR count). The Hall–Kier alpha value is -2.60. The van der Waals surface area contributed by atoms with Crippen LogP contribution in [0.25, 0.3) is 10.2 Å². The molecule has 1 atom stereocenters. The van der Waals surface area contributed by atoms with Crippen molar-refractivity contribution >= 4 is 27.5 Å². The molecule has 0 N–H and O–H groups in total. The second-order valence-corrected chi connectivity index (χ2v) is 8.57.